The Kier molecular flexibility index (Phi) is 5.05. The number of hydrogen-bond acceptors (Lipinski definition) is 6. The van der Waals surface area contributed by atoms with Crippen LogP contribution in [0.5, 0.6) is 0 Å². The standard InChI is InChI=1S/C21H18N2O5/c24-19(13-16-14-27-20(22-16)15-7-2-1-3-8-15)26-12-6-11-23-17-9-4-5-10-18(17)28-21(23)25/h1-5,7-10,14H,6,11-13H2. The van der Waals surface area contributed by atoms with Gasteiger partial charge in [-0.05, 0) is 30.7 Å². The summed E-state index contributed by atoms with van der Waals surface area (Å²) in [5, 5.41) is 0. The normalized spacial score (nSPS) is 11.0. The molecule has 0 amide bonds. The number of rotatable bonds is 7. The molecule has 4 rings (SSSR count). The molecule has 142 valence electrons. The van der Waals surface area contributed by atoms with Gasteiger partial charge in [-0.1, -0.05) is 30.3 Å². The molecule has 7 nitrogen and oxygen atoms in total. The van der Waals surface area contributed by atoms with Crippen LogP contribution in [0.25, 0.3) is 22.6 Å². The first-order valence-electron chi connectivity index (χ1n) is 8.94. The topological polar surface area (TPSA) is 87.5 Å². The van der Waals surface area contributed by atoms with Crippen LogP contribution >= 0.6 is 0 Å². The smallest absolute Gasteiger partial charge is 0.419 e. The van der Waals surface area contributed by atoms with Crippen molar-refractivity contribution in [1.82, 2.24) is 9.55 Å². The predicted molar refractivity (Wildman–Crippen MR) is 102 cm³/mol. The molecule has 0 unspecified atom stereocenters. The molecule has 0 radical (unpaired) electrons. The molecule has 0 fully saturated rings. The van der Waals surface area contributed by atoms with Crippen LogP contribution in [-0.4, -0.2) is 22.1 Å². The van der Waals surface area contributed by atoms with E-state index in [0.29, 0.717) is 30.1 Å². The Hall–Kier alpha value is -3.61. The maximum absolute atomic E-state index is 12.0. The zero-order valence-electron chi connectivity index (χ0n) is 15.0. The molecule has 2 aromatic heterocycles. The molecule has 0 atom stereocenters. The molecular weight excluding hydrogens is 360 g/mol. The van der Waals surface area contributed by atoms with Gasteiger partial charge in [-0.3, -0.25) is 9.36 Å². The molecule has 0 aliphatic rings. The average Bonchev–Trinajstić information content (AvgIpc) is 3.30. The zero-order valence-corrected chi connectivity index (χ0v) is 15.0. The summed E-state index contributed by atoms with van der Waals surface area (Å²) in [4.78, 5) is 28.2. The lowest BCUT2D eigenvalue weighted by molar-refractivity contribution is -0.143. The van der Waals surface area contributed by atoms with Gasteiger partial charge in [0.25, 0.3) is 0 Å². The number of oxazole rings is 2. The van der Waals surface area contributed by atoms with Crippen LogP contribution in [0.3, 0.4) is 0 Å². The first-order chi connectivity index (χ1) is 13.7. The summed E-state index contributed by atoms with van der Waals surface area (Å²) in [6.07, 6.45) is 1.99. The molecule has 2 heterocycles. The van der Waals surface area contributed by atoms with E-state index in [1.165, 1.54) is 10.8 Å². The molecule has 28 heavy (non-hydrogen) atoms. The Morgan fingerprint density at radius 3 is 2.71 bits per heavy atom. The van der Waals surface area contributed by atoms with Gasteiger partial charge in [0.2, 0.25) is 5.89 Å². The second kappa shape index (κ2) is 7.96. The maximum atomic E-state index is 12.0. The third kappa shape index (κ3) is 3.88. The van der Waals surface area contributed by atoms with Crippen molar-refractivity contribution in [3.63, 3.8) is 0 Å². The number of hydrogen-bond donors (Lipinski definition) is 0. The highest BCUT2D eigenvalue weighted by Crippen LogP contribution is 2.18. The second-order valence-electron chi connectivity index (χ2n) is 6.25. The number of carbonyl (C=O) groups excluding carboxylic acids is 1. The van der Waals surface area contributed by atoms with Gasteiger partial charge >= 0.3 is 11.7 Å². The third-order valence-corrected chi connectivity index (χ3v) is 4.26. The zero-order chi connectivity index (χ0) is 19.3. The molecule has 4 aromatic rings. The Balaban J connectivity index is 1.28. The van der Waals surface area contributed by atoms with Crippen molar-refractivity contribution < 1.29 is 18.4 Å². The first-order valence-corrected chi connectivity index (χ1v) is 8.94. The first kappa shape index (κ1) is 17.8. The summed E-state index contributed by atoms with van der Waals surface area (Å²) in [7, 11) is 0. The van der Waals surface area contributed by atoms with Crippen LogP contribution in [-0.2, 0) is 22.5 Å². The number of aryl methyl sites for hydroxylation is 1. The molecule has 0 bridgehead atoms. The van der Waals surface area contributed by atoms with E-state index in [1.54, 1.807) is 6.07 Å². The third-order valence-electron chi connectivity index (χ3n) is 4.26. The summed E-state index contributed by atoms with van der Waals surface area (Å²) >= 11 is 0. The fraction of sp³-hybridized carbons (Fsp3) is 0.190. The number of para-hydroxylation sites is 2. The monoisotopic (exact) mass is 378 g/mol. The van der Waals surface area contributed by atoms with Crippen molar-refractivity contribution in [2.24, 2.45) is 0 Å². The highest BCUT2D eigenvalue weighted by atomic mass is 16.5. The minimum Gasteiger partial charge on any atom is -0.465 e. The highest BCUT2D eigenvalue weighted by molar-refractivity contribution is 5.73. The van der Waals surface area contributed by atoms with Crippen LogP contribution < -0.4 is 5.76 Å². The summed E-state index contributed by atoms with van der Waals surface area (Å²) in [6.45, 7) is 0.611. The number of esters is 1. The number of nitrogens with zero attached hydrogens (tertiary/aromatic N) is 2. The lowest BCUT2D eigenvalue weighted by Gasteiger charge is -2.04. The minimum absolute atomic E-state index is 0.0327. The van der Waals surface area contributed by atoms with Crippen molar-refractivity contribution >= 4 is 17.1 Å². The molecule has 0 aliphatic carbocycles. The van der Waals surface area contributed by atoms with Crippen molar-refractivity contribution in [3.8, 4) is 11.5 Å². The maximum Gasteiger partial charge on any atom is 0.419 e. The fourth-order valence-corrected chi connectivity index (χ4v) is 2.93. The summed E-state index contributed by atoms with van der Waals surface area (Å²) in [5.41, 5.74) is 2.64. The predicted octanol–water partition coefficient (Wildman–Crippen LogP) is 3.43. The fourth-order valence-electron chi connectivity index (χ4n) is 2.93. The molecular formula is C21H18N2O5. The summed E-state index contributed by atoms with van der Waals surface area (Å²) < 4.78 is 17.4. The van der Waals surface area contributed by atoms with E-state index in [1.807, 2.05) is 48.5 Å². The number of carbonyl (C=O) groups is 1. The summed E-state index contributed by atoms with van der Waals surface area (Å²) in [5.74, 6) is -0.338. The van der Waals surface area contributed by atoms with E-state index in [0.717, 1.165) is 11.1 Å². The number of benzene rings is 2. The van der Waals surface area contributed by atoms with E-state index < -0.39 is 11.7 Å². The Morgan fingerprint density at radius 2 is 1.86 bits per heavy atom. The molecule has 0 spiro atoms. The lowest BCUT2D eigenvalue weighted by atomic mass is 10.2. The van der Waals surface area contributed by atoms with Crippen LogP contribution in [0.1, 0.15) is 12.1 Å². The number of aromatic nitrogens is 2. The van der Waals surface area contributed by atoms with Crippen molar-refractivity contribution in [2.75, 3.05) is 6.61 Å². The average molecular weight is 378 g/mol. The number of ether oxygens (including phenoxy) is 1. The van der Waals surface area contributed by atoms with Crippen molar-refractivity contribution in [3.05, 3.63) is 77.1 Å². The van der Waals surface area contributed by atoms with E-state index in [2.05, 4.69) is 4.98 Å². The minimum atomic E-state index is -0.413. The second-order valence-corrected chi connectivity index (χ2v) is 6.25. The molecule has 0 aliphatic heterocycles. The van der Waals surface area contributed by atoms with Crippen LogP contribution in [0.4, 0.5) is 0 Å². The molecule has 0 saturated heterocycles. The van der Waals surface area contributed by atoms with Gasteiger partial charge in [0.05, 0.1) is 24.2 Å². The number of fused-ring (bicyclic) bond motifs is 1. The molecule has 0 saturated carbocycles. The Labute approximate surface area is 160 Å². The van der Waals surface area contributed by atoms with E-state index in [-0.39, 0.29) is 13.0 Å². The lowest BCUT2D eigenvalue weighted by Crippen LogP contribution is -2.16. The van der Waals surface area contributed by atoms with Crippen LogP contribution in [0.2, 0.25) is 0 Å². The van der Waals surface area contributed by atoms with Gasteiger partial charge in [-0.2, -0.15) is 0 Å². The Morgan fingerprint density at radius 1 is 1.07 bits per heavy atom. The molecule has 7 heteroatoms. The van der Waals surface area contributed by atoms with Gasteiger partial charge in [0.15, 0.2) is 5.58 Å². The Bertz CT molecular complexity index is 1140. The SMILES string of the molecule is O=C(Cc1coc(-c2ccccc2)n1)OCCCn1c(=O)oc2ccccc21. The summed E-state index contributed by atoms with van der Waals surface area (Å²) in [6, 6.07) is 16.7. The quantitative estimate of drug-likeness (QED) is 0.362. The van der Waals surface area contributed by atoms with Crippen LogP contribution in [0.15, 0.2) is 74.5 Å². The van der Waals surface area contributed by atoms with Gasteiger partial charge < -0.3 is 13.6 Å². The largest absolute Gasteiger partial charge is 0.465 e. The van der Waals surface area contributed by atoms with Gasteiger partial charge in [0, 0.05) is 12.1 Å². The van der Waals surface area contributed by atoms with Gasteiger partial charge in [0.1, 0.15) is 6.26 Å². The van der Waals surface area contributed by atoms with Crippen LogP contribution in [0, 0.1) is 0 Å². The molecule has 0 N–H and O–H groups in total. The van der Waals surface area contributed by atoms with E-state index >= 15 is 0 Å². The van der Waals surface area contributed by atoms with E-state index in [4.69, 9.17) is 13.6 Å². The van der Waals surface area contributed by atoms with E-state index in [9.17, 15) is 9.59 Å². The molecule has 2 aromatic carbocycles. The van der Waals surface area contributed by atoms with Gasteiger partial charge in [-0.15, -0.1) is 0 Å². The van der Waals surface area contributed by atoms with Gasteiger partial charge in [-0.25, -0.2) is 9.78 Å². The van der Waals surface area contributed by atoms with Crippen molar-refractivity contribution in [2.45, 2.75) is 19.4 Å². The highest BCUT2D eigenvalue weighted by Gasteiger charge is 2.12. The van der Waals surface area contributed by atoms with Crippen molar-refractivity contribution in [1.29, 1.82) is 0 Å².